The highest BCUT2D eigenvalue weighted by Crippen LogP contribution is 2.36. The Bertz CT molecular complexity index is 1280. The molecule has 0 bridgehead atoms. The van der Waals surface area contributed by atoms with Crippen molar-refractivity contribution in [2.75, 3.05) is 31.6 Å². The fourth-order valence-electron chi connectivity index (χ4n) is 4.05. The van der Waals surface area contributed by atoms with E-state index in [0.717, 1.165) is 0 Å². The average molecular weight is 506 g/mol. The highest BCUT2D eigenvalue weighted by Gasteiger charge is 2.32. The summed E-state index contributed by atoms with van der Waals surface area (Å²) in [5.74, 6) is -0.909. The molecule has 3 heterocycles. The zero-order valence-electron chi connectivity index (χ0n) is 20.1. The van der Waals surface area contributed by atoms with Crippen molar-refractivity contribution in [1.82, 2.24) is 19.9 Å². The molecular weight excluding hydrogens is 480 g/mol. The number of aromatic nitrogens is 3. The predicted octanol–water partition coefficient (Wildman–Crippen LogP) is 5.08. The molecule has 1 fully saturated rings. The predicted molar refractivity (Wildman–Crippen MR) is 129 cm³/mol. The van der Waals surface area contributed by atoms with Gasteiger partial charge in [0.15, 0.2) is 11.5 Å². The Morgan fingerprint density at radius 1 is 1.14 bits per heavy atom. The van der Waals surface area contributed by atoms with Crippen molar-refractivity contribution < 1.29 is 23.0 Å². The number of halogens is 3. The molecule has 1 atom stereocenters. The Labute approximate surface area is 206 Å². The molecule has 0 N–H and O–H groups in total. The molecule has 1 saturated heterocycles. The number of anilines is 1. The van der Waals surface area contributed by atoms with E-state index in [2.05, 4.69) is 15.0 Å². The van der Waals surface area contributed by atoms with Crippen LogP contribution in [0.2, 0.25) is 5.28 Å². The third kappa shape index (κ3) is 5.07. The number of carbonyl (C=O) groups is 1. The van der Waals surface area contributed by atoms with Gasteiger partial charge in [0, 0.05) is 25.7 Å². The van der Waals surface area contributed by atoms with Gasteiger partial charge in [0.25, 0.3) is 0 Å². The summed E-state index contributed by atoms with van der Waals surface area (Å²) in [4.78, 5) is 28.8. The Morgan fingerprint density at radius 3 is 2.54 bits per heavy atom. The monoisotopic (exact) mass is 505 g/mol. The Kier molecular flexibility index (Phi) is 6.68. The van der Waals surface area contributed by atoms with E-state index >= 15 is 4.39 Å². The Morgan fingerprint density at radius 2 is 1.89 bits per heavy atom. The number of hydrogen-bond donors (Lipinski definition) is 0. The van der Waals surface area contributed by atoms with Crippen molar-refractivity contribution in [3.63, 3.8) is 0 Å². The fourth-order valence-corrected chi connectivity index (χ4v) is 4.21. The number of carbonyl (C=O) groups excluding carboxylic acids is 1. The summed E-state index contributed by atoms with van der Waals surface area (Å²) in [7, 11) is 1.37. The minimum atomic E-state index is -0.756. The number of benzene rings is 1. The van der Waals surface area contributed by atoms with Gasteiger partial charge < -0.3 is 19.3 Å². The second kappa shape index (κ2) is 9.41. The van der Waals surface area contributed by atoms with Gasteiger partial charge in [-0.05, 0) is 57.5 Å². The zero-order valence-corrected chi connectivity index (χ0v) is 20.9. The van der Waals surface area contributed by atoms with Crippen LogP contribution in [0.3, 0.4) is 0 Å². The normalized spacial score (nSPS) is 16.5. The van der Waals surface area contributed by atoms with Gasteiger partial charge in [-0.15, -0.1) is 0 Å². The number of hydrogen-bond acceptors (Lipinski definition) is 7. The topological polar surface area (TPSA) is 80.7 Å². The van der Waals surface area contributed by atoms with Gasteiger partial charge >= 0.3 is 6.09 Å². The third-order valence-electron chi connectivity index (χ3n) is 5.58. The van der Waals surface area contributed by atoms with E-state index in [-0.39, 0.29) is 34.0 Å². The van der Waals surface area contributed by atoms with Gasteiger partial charge in [-0.1, -0.05) is 6.07 Å². The molecule has 0 aliphatic carbocycles. The van der Waals surface area contributed by atoms with E-state index in [9.17, 15) is 9.18 Å². The van der Waals surface area contributed by atoms with Crippen LogP contribution in [-0.2, 0) is 4.74 Å². The lowest BCUT2D eigenvalue weighted by atomic mass is 10.1. The number of pyridine rings is 1. The number of rotatable bonds is 3. The SMILES string of the molecule is COc1cccc(F)c1-c1nc2nc(Cl)nc(N3CCN(C(=O)OC(C)(C)C)C[C@H]3C)c2cc1F. The van der Waals surface area contributed by atoms with Crippen LogP contribution in [0.1, 0.15) is 27.7 Å². The van der Waals surface area contributed by atoms with E-state index in [1.54, 1.807) is 4.90 Å². The number of amides is 1. The highest BCUT2D eigenvalue weighted by atomic mass is 35.5. The van der Waals surface area contributed by atoms with Crippen molar-refractivity contribution in [2.45, 2.75) is 39.3 Å². The molecule has 1 amide bonds. The van der Waals surface area contributed by atoms with Crippen LogP contribution in [0.15, 0.2) is 24.3 Å². The Balaban J connectivity index is 1.72. The zero-order chi connectivity index (χ0) is 25.5. The molecule has 3 aromatic rings. The number of nitrogens with zero attached hydrogens (tertiary/aromatic N) is 5. The summed E-state index contributed by atoms with van der Waals surface area (Å²) in [5, 5.41) is 0.239. The van der Waals surface area contributed by atoms with Gasteiger partial charge in [0.05, 0.1) is 18.1 Å². The molecule has 11 heteroatoms. The first-order valence-corrected chi connectivity index (χ1v) is 11.5. The lowest BCUT2D eigenvalue weighted by Gasteiger charge is -2.41. The molecule has 1 aliphatic heterocycles. The van der Waals surface area contributed by atoms with E-state index in [4.69, 9.17) is 21.1 Å². The van der Waals surface area contributed by atoms with Crippen LogP contribution >= 0.6 is 11.6 Å². The summed E-state index contributed by atoms with van der Waals surface area (Å²) in [6, 6.07) is 5.23. The molecule has 1 aliphatic rings. The molecule has 35 heavy (non-hydrogen) atoms. The molecule has 1 aromatic carbocycles. The van der Waals surface area contributed by atoms with Crippen molar-refractivity contribution in [2.24, 2.45) is 0 Å². The second-order valence-electron chi connectivity index (χ2n) is 9.29. The maximum absolute atomic E-state index is 15.3. The van der Waals surface area contributed by atoms with Crippen LogP contribution in [0.5, 0.6) is 5.75 Å². The van der Waals surface area contributed by atoms with Crippen LogP contribution < -0.4 is 9.64 Å². The number of methoxy groups -OCH3 is 1. The minimum Gasteiger partial charge on any atom is -0.496 e. The van der Waals surface area contributed by atoms with Crippen LogP contribution in [0.25, 0.3) is 22.3 Å². The fraction of sp³-hybridized carbons (Fsp3) is 0.417. The van der Waals surface area contributed by atoms with E-state index in [1.165, 1.54) is 31.4 Å². The summed E-state index contributed by atoms with van der Waals surface area (Å²) in [6.45, 7) is 8.51. The molecule has 0 radical (unpaired) electrons. The van der Waals surface area contributed by atoms with E-state index < -0.39 is 23.3 Å². The molecule has 0 saturated carbocycles. The number of piperazine rings is 1. The van der Waals surface area contributed by atoms with Gasteiger partial charge in [-0.25, -0.2) is 18.6 Å². The van der Waals surface area contributed by atoms with Gasteiger partial charge in [-0.2, -0.15) is 9.97 Å². The second-order valence-corrected chi connectivity index (χ2v) is 9.63. The molecular formula is C24H26ClF2N5O3. The number of fused-ring (bicyclic) bond motifs is 1. The number of ether oxygens (including phenoxy) is 2. The molecule has 8 nitrogen and oxygen atoms in total. The average Bonchev–Trinajstić information content (AvgIpc) is 2.77. The first-order valence-electron chi connectivity index (χ1n) is 11.1. The van der Waals surface area contributed by atoms with Gasteiger partial charge in [0.2, 0.25) is 5.28 Å². The van der Waals surface area contributed by atoms with E-state index in [1.807, 2.05) is 32.6 Å². The minimum absolute atomic E-state index is 0.0835. The van der Waals surface area contributed by atoms with Crippen LogP contribution in [0.4, 0.5) is 19.4 Å². The molecule has 0 spiro atoms. The summed E-state index contributed by atoms with van der Waals surface area (Å²) >= 11 is 6.20. The quantitative estimate of drug-likeness (QED) is 0.459. The van der Waals surface area contributed by atoms with Crippen molar-refractivity contribution in [3.8, 4) is 17.0 Å². The van der Waals surface area contributed by atoms with Gasteiger partial charge in [-0.3, -0.25) is 0 Å². The first kappa shape index (κ1) is 24.8. The third-order valence-corrected chi connectivity index (χ3v) is 5.75. The molecule has 2 aromatic heterocycles. The van der Waals surface area contributed by atoms with Crippen LogP contribution in [-0.4, -0.2) is 64.3 Å². The summed E-state index contributed by atoms with van der Waals surface area (Å²) < 4.78 is 40.6. The molecule has 4 rings (SSSR count). The van der Waals surface area contributed by atoms with Gasteiger partial charge in [0.1, 0.15) is 28.7 Å². The standard InChI is InChI=1S/C24H26ClF2N5O3/c1-13-12-31(23(33)35-24(2,3)4)9-10-32(13)21-14-11-16(27)19(28-20(14)29-22(25)30-21)18-15(26)7-6-8-17(18)34-5/h6-8,11,13H,9-10,12H2,1-5H3/t13-/m1/s1. The Hall–Kier alpha value is -3.27. The lowest BCUT2D eigenvalue weighted by molar-refractivity contribution is 0.0218. The van der Waals surface area contributed by atoms with Crippen molar-refractivity contribution in [3.05, 3.63) is 41.2 Å². The first-order chi connectivity index (χ1) is 16.5. The molecule has 0 unspecified atom stereocenters. The summed E-state index contributed by atoms with van der Waals surface area (Å²) in [5.41, 5.74) is -0.834. The maximum atomic E-state index is 15.3. The summed E-state index contributed by atoms with van der Waals surface area (Å²) in [6.07, 6.45) is -0.397. The maximum Gasteiger partial charge on any atom is 0.410 e. The highest BCUT2D eigenvalue weighted by molar-refractivity contribution is 6.28. The lowest BCUT2D eigenvalue weighted by Crippen LogP contribution is -2.54. The van der Waals surface area contributed by atoms with Crippen molar-refractivity contribution in [1.29, 1.82) is 0 Å². The van der Waals surface area contributed by atoms with E-state index in [0.29, 0.717) is 30.8 Å². The smallest absolute Gasteiger partial charge is 0.410 e. The molecule has 186 valence electrons. The van der Waals surface area contributed by atoms with Crippen LogP contribution in [0, 0.1) is 11.6 Å². The van der Waals surface area contributed by atoms with Crippen molar-refractivity contribution >= 4 is 34.5 Å². The largest absolute Gasteiger partial charge is 0.496 e.